The van der Waals surface area contributed by atoms with Crippen LogP contribution in [0.1, 0.15) is 56.6 Å². The van der Waals surface area contributed by atoms with Gasteiger partial charge in [0.25, 0.3) is 0 Å². The summed E-state index contributed by atoms with van der Waals surface area (Å²) >= 11 is 0. The molecule has 184 valence electrons. The maximum Gasteiger partial charge on any atom is 0.200 e. The highest BCUT2D eigenvalue weighted by Gasteiger charge is 2.25. The van der Waals surface area contributed by atoms with Crippen molar-refractivity contribution in [3.63, 3.8) is 0 Å². The predicted octanol–water partition coefficient (Wildman–Crippen LogP) is 8.60. The van der Waals surface area contributed by atoms with Crippen molar-refractivity contribution in [1.82, 2.24) is 0 Å². The zero-order valence-electron chi connectivity index (χ0n) is 20.2. The van der Waals surface area contributed by atoms with Crippen LogP contribution in [0.4, 0.5) is 13.2 Å². The molecule has 1 saturated carbocycles. The van der Waals surface area contributed by atoms with E-state index >= 15 is 0 Å². The highest BCUT2D eigenvalue weighted by molar-refractivity contribution is 5.64. The highest BCUT2D eigenvalue weighted by atomic mass is 19.2. The minimum Gasteiger partial charge on any atom is -0.491 e. The van der Waals surface area contributed by atoms with Gasteiger partial charge in [-0.15, -0.1) is 0 Å². The average molecular weight is 481 g/mol. The summed E-state index contributed by atoms with van der Waals surface area (Å²) in [5, 5.41) is 0. The molecule has 1 aliphatic carbocycles. The molecule has 0 aromatic heterocycles. The van der Waals surface area contributed by atoms with Gasteiger partial charge in [-0.25, -0.2) is 8.78 Å². The van der Waals surface area contributed by atoms with E-state index in [0.717, 1.165) is 42.4 Å². The molecule has 0 amide bonds. The van der Waals surface area contributed by atoms with E-state index in [1.807, 2.05) is 31.2 Å². The molecule has 0 radical (unpaired) electrons. The molecule has 35 heavy (non-hydrogen) atoms. The van der Waals surface area contributed by atoms with Crippen molar-refractivity contribution in [3.05, 3.63) is 95.3 Å². The Balaban J connectivity index is 1.39. The van der Waals surface area contributed by atoms with Gasteiger partial charge in [0.15, 0.2) is 23.1 Å². The van der Waals surface area contributed by atoms with Crippen molar-refractivity contribution in [1.29, 1.82) is 0 Å². The van der Waals surface area contributed by atoms with E-state index in [1.54, 1.807) is 25.1 Å². The van der Waals surface area contributed by atoms with E-state index in [4.69, 9.17) is 9.47 Å². The van der Waals surface area contributed by atoms with Crippen LogP contribution in [-0.4, -0.2) is 6.61 Å². The molecule has 3 aromatic carbocycles. The lowest BCUT2D eigenvalue weighted by molar-refractivity contribution is 0.282. The minimum absolute atomic E-state index is 0.0417. The molecule has 0 heterocycles. The largest absolute Gasteiger partial charge is 0.491 e. The van der Waals surface area contributed by atoms with Crippen LogP contribution >= 0.6 is 0 Å². The average Bonchev–Trinajstić information content (AvgIpc) is 2.87. The van der Waals surface area contributed by atoms with E-state index in [0.29, 0.717) is 18.1 Å². The maximum atomic E-state index is 14.9. The zero-order chi connectivity index (χ0) is 24.8. The second-order valence-electron chi connectivity index (χ2n) is 8.98. The fourth-order valence-corrected chi connectivity index (χ4v) is 4.78. The molecular weight excluding hydrogens is 449 g/mol. The maximum absolute atomic E-state index is 14.9. The smallest absolute Gasteiger partial charge is 0.200 e. The Kier molecular flexibility index (Phi) is 8.17. The summed E-state index contributed by atoms with van der Waals surface area (Å²) < 4.78 is 54.6. The lowest BCUT2D eigenvalue weighted by Gasteiger charge is -2.27. The van der Waals surface area contributed by atoms with Crippen molar-refractivity contribution in [3.8, 4) is 22.6 Å². The van der Waals surface area contributed by atoms with Gasteiger partial charge in [0.05, 0.1) is 6.61 Å². The van der Waals surface area contributed by atoms with Crippen molar-refractivity contribution in [2.45, 2.75) is 52.1 Å². The van der Waals surface area contributed by atoms with Crippen LogP contribution in [0.2, 0.25) is 0 Å². The first kappa shape index (κ1) is 24.9. The quantitative estimate of drug-likeness (QED) is 0.301. The molecule has 0 saturated heterocycles. The van der Waals surface area contributed by atoms with Gasteiger partial charge in [-0.3, -0.25) is 0 Å². The normalized spacial score (nSPS) is 18.1. The fourth-order valence-electron chi connectivity index (χ4n) is 4.78. The number of hydrogen-bond donors (Lipinski definition) is 0. The van der Waals surface area contributed by atoms with Crippen LogP contribution in [0, 0.1) is 23.4 Å². The SMILES string of the molecule is C/C=C/C1CCC(c2ccc(OCc3ccc(-c4ccc(OCC)c(F)c4)cc3)c(F)c2F)CC1. The minimum atomic E-state index is -0.931. The summed E-state index contributed by atoms with van der Waals surface area (Å²) in [4.78, 5) is 0. The lowest BCUT2D eigenvalue weighted by atomic mass is 9.78. The van der Waals surface area contributed by atoms with Crippen LogP contribution in [-0.2, 0) is 6.61 Å². The molecule has 0 unspecified atom stereocenters. The van der Waals surface area contributed by atoms with Gasteiger partial charge in [0.1, 0.15) is 6.61 Å². The van der Waals surface area contributed by atoms with Gasteiger partial charge in [0, 0.05) is 0 Å². The Bertz CT molecular complexity index is 1160. The fraction of sp³-hybridized carbons (Fsp3) is 0.333. The number of halogens is 3. The van der Waals surface area contributed by atoms with E-state index in [9.17, 15) is 13.2 Å². The molecule has 3 aromatic rings. The van der Waals surface area contributed by atoms with Gasteiger partial charge in [-0.2, -0.15) is 4.39 Å². The molecule has 0 aliphatic heterocycles. The first-order valence-electron chi connectivity index (χ1n) is 12.2. The van der Waals surface area contributed by atoms with E-state index in [-0.39, 0.29) is 24.0 Å². The lowest BCUT2D eigenvalue weighted by Crippen LogP contribution is -2.13. The third kappa shape index (κ3) is 5.90. The number of rotatable bonds is 8. The van der Waals surface area contributed by atoms with Crippen molar-refractivity contribution < 1.29 is 22.6 Å². The first-order valence-corrected chi connectivity index (χ1v) is 12.2. The molecule has 1 aliphatic rings. The third-order valence-corrected chi connectivity index (χ3v) is 6.67. The van der Waals surface area contributed by atoms with Crippen LogP contribution in [0.25, 0.3) is 11.1 Å². The summed E-state index contributed by atoms with van der Waals surface area (Å²) in [7, 11) is 0. The highest BCUT2D eigenvalue weighted by Crippen LogP contribution is 2.39. The Labute approximate surface area is 205 Å². The predicted molar refractivity (Wildman–Crippen MR) is 133 cm³/mol. The topological polar surface area (TPSA) is 18.5 Å². The number of hydrogen-bond acceptors (Lipinski definition) is 2. The summed E-state index contributed by atoms with van der Waals surface area (Å²) in [6, 6.07) is 15.4. The number of ether oxygens (including phenoxy) is 2. The van der Waals surface area contributed by atoms with Gasteiger partial charge < -0.3 is 9.47 Å². The Morgan fingerprint density at radius 2 is 1.49 bits per heavy atom. The van der Waals surface area contributed by atoms with Crippen LogP contribution < -0.4 is 9.47 Å². The van der Waals surface area contributed by atoms with Crippen molar-refractivity contribution in [2.75, 3.05) is 6.61 Å². The molecule has 0 N–H and O–H groups in total. The van der Waals surface area contributed by atoms with Gasteiger partial charge in [-0.05, 0) is 91.8 Å². The summed E-state index contributed by atoms with van der Waals surface area (Å²) in [5.74, 6) is -1.44. The molecule has 0 bridgehead atoms. The van der Waals surface area contributed by atoms with E-state index in [2.05, 4.69) is 12.2 Å². The molecule has 1 fully saturated rings. The molecule has 4 rings (SSSR count). The monoisotopic (exact) mass is 480 g/mol. The molecule has 2 nitrogen and oxygen atoms in total. The molecule has 5 heteroatoms. The second kappa shape index (κ2) is 11.5. The summed E-state index contributed by atoms with van der Waals surface area (Å²) in [6.45, 7) is 4.31. The van der Waals surface area contributed by atoms with E-state index in [1.165, 1.54) is 12.1 Å². The first-order chi connectivity index (χ1) is 17.0. The summed E-state index contributed by atoms with van der Waals surface area (Å²) in [6.07, 6.45) is 7.96. The molecule has 0 atom stereocenters. The van der Waals surface area contributed by atoms with E-state index < -0.39 is 17.5 Å². The van der Waals surface area contributed by atoms with Crippen LogP contribution in [0.15, 0.2) is 66.7 Å². The van der Waals surface area contributed by atoms with Crippen molar-refractivity contribution >= 4 is 0 Å². The van der Waals surface area contributed by atoms with Gasteiger partial charge in [0.2, 0.25) is 5.82 Å². The van der Waals surface area contributed by atoms with Crippen LogP contribution in [0.5, 0.6) is 11.5 Å². The van der Waals surface area contributed by atoms with Gasteiger partial charge >= 0.3 is 0 Å². The Hall–Kier alpha value is -3.21. The molecular formula is C30H31F3O2. The molecule has 0 spiro atoms. The Morgan fingerprint density at radius 1 is 0.800 bits per heavy atom. The second-order valence-corrected chi connectivity index (χ2v) is 8.98. The standard InChI is InChI=1S/C30H31F3O2/c1-3-5-20-6-12-23(13-7-20)25-15-17-28(30(33)29(25)32)35-19-21-8-10-22(11-9-21)24-14-16-27(34-4-2)26(31)18-24/h3,5,8-11,14-18,20,23H,4,6-7,12-13,19H2,1-2H3/b5-3+. The third-order valence-electron chi connectivity index (χ3n) is 6.67. The van der Waals surface area contributed by atoms with Gasteiger partial charge in [-0.1, -0.05) is 48.6 Å². The zero-order valence-corrected chi connectivity index (χ0v) is 20.2. The summed E-state index contributed by atoms with van der Waals surface area (Å²) in [5.41, 5.74) is 2.80. The van der Waals surface area contributed by atoms with Crippen LogP contribution in [0.3, 0.4) is 0 Å². The van der Waals surface area contributed by atoms with Crippen molar-refractivity contribution in [2.24, 2.45) is 5.92 Å². The number of benzene rings is 3. The Morgan fingerprint density at radius 3 is 2.14 bits per heavy atom. The number of allylic oxidation sites excluding steroid dienone is 2.